The van der Waals surface area contributed by atoms with Gasteiger partial charge in [-0.2, -0.15) is 0 Å². The third-order valence-electron chi connectivity index (χ3n) is 1.90. The Morgan fingerprint density at radius 3 is 2.70 bits per heavy atom. The number of alkyl halides is 1. The van der Waals surface area contributed by atoms with Crippen molar-refractivity contribution in [2.75, 3.05) is 7.11 Å². The van der Waals surface area contributed by atoms with Gasteiger partial charge in [0, 0.05) is 0 Å². The van der Waals surface area contributed by atoms with Crippen LogP contribution in [0.25, 0.3) is 0 Å². The number of esters is 1. The second kappa shape index (κ2) is 2.99. The number of ether oxygens (including phenoxy) is 1. The molecule has 0 amide bonds. The molecule has 1 aliphatic rings. The summed E-state index contributed by atoms with van der Waals surface area (Å²) in [6.45, 7) is 0. The Hall–Kier alpha value is -0.600. The molecule has 3 heteroatoms. The molecule has 0 aromatic heterocycles. The number of rotatable bonds is 1. The van der Waals surface area contributed by atoms with E-state index in [1.165, 1.54) is 7.11 Å². The van der Waals surface area contributed by atoms with Crippen LogP contribution in [0.4, 0.5) is 4.39 Å². The van der Waals surface area contributed by atoms with Gasteiger partial charge in [-0.3, -0.25) is 4.79 Å². The summed E-state index contributed by atoms with van der Waals surface area (Å²) in [7, 11) is 1.34. The molecule has 1 saturated carbocycles. The molecule has 0 N–H and O–H groups in total. The van der Waals surface area contributed by atoms with E-state index < -0.39 is 6.17 Å². The van der Waals surface area contributed by atoms with Crippen LogP contribution in [0.2, 0.25) is 0 Å². The number of carbonyl (C=O) groups is 1. The standard InChI is InChI=1S/C7H11FO2/c1-10-7(9)5-2-3-6(8)4-5/h5-6H,2-4H2,1H3. The van der Waals surface area contributed by atoms with E-state index in [1.807, 2.05) is 0 Å². The Kier molecular flexibility index (Phi) is 2.25. The average molecular weight is 146 g/mol. The van der Waals surface area contributed by atoms with Crippen molar-refractivity contribution in [3.05, 3.63) is 0 Å². The lowest BCUT2D eigenvalue weighted by Crippen LogP contribution is -2.12. The molecule has 2 nitrogen and oxygen atoms in total. The van der Waals surface area contributed by atoms with Crippen LogP contribution in [-0.4, -0.2) is 19.3 Å². The van der Waals surface area contributed by atoms with E-state index in [2.05, 4.69) is 4.74 Å². The lowest BCUT2D eigenvalue weighted by Gasteiger charge is -2.03. The molecular formula is C7H11FO2. The highest BCUT2D eigenvalue weighted by Crippen LogP contribution is 2.28. The van der Waals surface area contributed by atoms with E-state index >= 15 is 0 Å². The Morgan fingerprint density at radius 2 is 2.30 bits per heavy atom. The maximum Gasteiger partial charge on any atom is 0.308 e. The van der Waals surface area contributed by atoms with Crippen LogP contribution >= 0.6 is 0 Å². The third kappa shape index (κ3) is 1.46. The second-order valence-corrected chi connectivity index (χ2v) is 2.63. The van der Waals surface area contributed by atoms with Gasteiger partial charge in [0.25, 0.3) is 0 Å². The molecule has 2 unspecified atom stereocenters. The number of hydrogen-bond acceptors (Lipinski definition) is 2. The topological polar surface area (TPSA) is 26.3 Å². The van der Waals surface area contributed by atoms with Crippen molar-refractivity contribution in [3.63, 3.8) is 0 Å². The Morgan fingerprint density at radius 1 is 1.60 bits per heavy atom. The monoisotopic (exact) mass is 146 g/mol. The summed E-state index contributed by atoms with van der Waals surface area (Å²) in [4.78, 5) is 10.8. The molecule has 1 aliphatic carbocycles. The van der Waals surface area contributed by atoms with E-state index in [9.17, 15) is 9.18 Å². The molecule has 1 fully saturated rings. The van der Waals surface area contributed by atoms with Gasteiger partial charge in [0.2, 0.25) is 0 Å². The van der Waals surface area contributed by atoms with Crippen LogP contribution in [0.1, 0.15) is 19.3 Å². The predicted molar refractivity (Wildman–Crippen MR) is 34.3 cm³/mol. The lowest BCUT2D eigenvalue weighted by atomic mass is 10.1. The van der Waals surface area contributed by atoms with E-state index in [4.69, 9.17) is 0 Å². The summed E-state index contributed by atoms with van der Waals surface area (Å²) in [5, 5.41) is 0. The van der Waals surface area contributed by atoms with Gasteiger partial charge in [0.15, 0.2) is 0 Å². The maximum absolute atomic E-state index is 12.5. The van der Waals surface area contributed by atoms with Crippen molar-refractivity contribution in [1.82, 2.24) is 0 Å². The largest absolute Gasteiger partial charge is 0.469 e. The van der Waals surface area contributed by atoms with E-state index in [-0.39, 0.29) is 11.9 Å². The average Bonchev–Trinajstić information content (AvgIpc) is 2.34. The van der Waals surface area contributed by atoms with Crippen molar-refractivity contribution in [3.8, 4) is 0 Å². The highest BCUT2D eigenvalue weighted by atomic mass is 19.1. The number of methoxy groups -OCH3 is 1. The molecule has 2 atom stereocenters. The zero-order valence-electron chi connectivity index (χ0n) is 5.97. The van der Waals surface area contributed by atoms with Crippen LogP contribution in [0.15, 0.2) is 0 Å². The molecule has 0 aromatic carbocycles. The van der Waals surface area contributed by atoms with Gasteiger partial charge in [-0.1, -0.05) is 0 Å². The normalized spacial score (nSPS) is 32.2. The Bertz CT molecular complexity index is 136. The molecule has 0 heterocycles. The van der Waals surface area contributed by atoms with Gasteiger partial charge in [0.1, 0.15) is 6.17 Å². The van der Waals surface area contributed by atoms with Crippen molar-refractivity contribution >= 4 is 5.97 Å². The molecular weight excluding hydrogens is 135 g/mol. The second-order valence-electron chi connectivity index (χ2n) is 2.63. The van der Waals surface area contributed by atoms with Crippen molar-refractivity contribution < 1.29 is 13.9 Å². The fourth-order valence-corrected chi connectivity index (χ4v) is 1.31. The quantitative estimate of drug-likeness (QED) is 0.521. The minimum absolute atomic E-state index is 0.181. The molecule has 0 radical (unpaired) electrons. The van der Waals surface area contributed by atoms with Crippen LogP contribution in [0.3, 0.4) is 0 Å². The fourth-order valence-electron chi connectivity index (χ4n) is 1.31. The Labute approximate surface area is 59.4 Å². The molecule has 58 valence electrons. The SMILES string of the molecule is COC(=O)C1CCC(F)C1. The Balaban J connectivity index is 2.37. The third-order valence-corrected chi connectivity index (χ3v) is 1.90. The van der Waals surface area contributed by atoms with E-state index in [1.54, 1.807) is 0 Å². The van der Waals surface area contributed by atoms with Crippen molar-refractivity contribution in [2.24, 2.45) is 5.92 Å². The minimum atomic E-state index is -0.788. The first-order valence-corrected chi connectivity index (χ1v) is 3.46. The molecule has 10 heavy (non-hydrogen) atoms. The smallest absolute Gasteiger partial charge is 0.308 e. The van der Waals surface area contributed by atoms with Crippen molar-refractivity contribution in [1.29, 1.82) is 0 Å². The molecule has 0 aromatic rings. The minimum Gasteiger partial charge on any atom is -0.469 e. The molecule has 0 aliphatic heterocycles. The van der Waals surface area contributed by atoms with Crippen LogP contribution < -0.4 is 0 Å². The summed E-state index contributed by atoms with van der Waals surface area (Å²) in [6, 6.07) is 0. The summed E-state index contributed by atoms with van der Waals surface area (Å²) >= 11 is 0. The van der Waals surface area contributed by atoms with Gasteiger partial charge in [0.05, 0.1) is 13.0 Å². The van der Waals surface area contributed by atoms with Gasteiger partial charge >= 0.3 is 5.97 Å². The van der Waals surface area contributed by atoms with E-state index in [0.29, 0.717) is 19.3 Å². The number of halogens is 1. The molecule has 0 bridgehead atoms. The van der Waals surface area contributed by atoms with Crippen molar-refractivity contribution in [2.45, 2.75) is 25.4 Å². The fraction of sp³-hybridized carbons (Fsp3) is 0.857. The first-order valence-electron chi connectivity index (χ1n) is 3.46. The lowest BCUT2D eigenvalue weighted by molar-refractivity contribution is -0.145. The highest BCUT2D eigenvalue weighted by Gasteiger charge is 2.30. The molecule has 0 spiro atoms. The van der Waals surface area contributed by atoms with Crippen LogP contribution in [0.5, 0.6) is 0 Å². The maximum atomic E-state index is 12.5. The van der Waals surface area contributed by atoms with Gasteiger partial charge in [-0.05, 0) is 19.3 Å². The zero-order chi connectivity index (χ0) is 7.56. The number of hydrogen-bond donors (Lipinski definition) is 0. The van der Waals surface area contributed by atoms with Crippen LogP contribution in [0, 0.1) is 5.92 Å². The highest BCUT2D eigenvalue weighted by molar-refractivity contribution is 5.72. The number of carbonyl (C=O) groups excluding carboxylic acids is 1. The summed E-state index contributed by atoms with van der Waals surface area (Å²) in [5.41, 5.74) is 0. The molecule has 1 rings (SSSR count). The first kappa shape index (κ1) is 7.51. The summed E-state index contributed by atoms with van der Waals surface area (Å²) in [5.74, 6) is -0.444. The van der Waals surface area contributed by atoms with Gasteiger partial charge < -0.3 is 4.74 Å². The summed E-state index contributed by atoms with van der Waals surface area (Å²) in [6.07, 6.45) is 0.726. The van der Waals surface area contributed by atoms with E-state index in [0.717, 1.165) is 0 Å². The summed E-state index contributed by atoms with van der Waals surface area (Å²) < 4.78 is 16.9. The zero-order valence-corrected chi connectivity index (χ0v) is 5.97. The molecule has 0 saturated heterocycles. The van der Waals surface area contributed by atoms with Gasteiger partial charge in [-0.25, -0.2) is 4.39 Å². The van der Waals surface area contributed by atoms with Crippen LogP contribution in [-0.2, 0) is 9.53 Å². The van der Waals surface area contributed by atoms with Gasteiger partial charge in [-0.15, -0.1) is 0 Å². The first-order chi connectivity index (χ1) is 4.74. The predicted octanol–water partition coefficient (Wildman–Crippen LogP) is 1.30.